The van der Waals surface area contributed by atoms with Crippen LogP contribution in [0.1, 0.15) is 26.2 Å². The quantitative estimate of drug-likeness (QED) is 0.504. The molecule has 1 unspecified atom stereocenters. The summed E-state index contributed by atoms with van der Waals surface area (Å²) in [5.41, 5.74) is -0.406. The van der Waals surface area contributed by atoms with Gasteiger partial charge in [0.2, 0.25) is 11.8 Å². The lowest BCUT2D eigenvalue weighted by molar-refractivity contribution is -0.130. The van der Waals surface area contributed by atoms with E-state index in [1.807, 2.05) is 6.92 Å². The van der Waals surface area contributed by atoms with Gasteiger partial charge in [0.15, 0.2) is 0 Å². The van der Waals surface area contributed by atoms with Gasteiger partial charge in [0.1, 0.15) is 0 Å². The number of hydrogen-bond donors (Lipinski definition) is 2. The van der Waals surface area contributed by atoms with E-state index in [4.69, 9.17) is 0 Å². The molecule has 5 heteroatoms. The Bertz CT molecular complexity index is 296. The summed E-state index contributed by atoms with van der Waals surface area (Å²) in [5, 5.41) is 2.63. The smallest absolute Gasteiger partial charge is 0.233 e. The molecule has 2 fully saturated rings. The second kappa shape index (κ2) is 3.79. The summed E-state index contributed by atoms with van der Waals surface area (Å²) in [6.07, 6.45) is 1.92. The van der Waals surface area contributed by atoms with Crippen molar-refractivity contribution in [3.05, 3.63) is 0 Å². The summed E-state index contributed by atoms with van der Waals surface area (Å²) in [6, 6.07) is 0. The summed E-state index contributed by atoms with van der Waals surface area (Å²) < 4.78 is 0. The fourth-order valence-electron chi connectivity index (χ4n) is 2.42. The summed E-state index contributed by atoms with van der Waals surface area (Å²) in [5.74, 6) is -0.189. The predicted molar refractivity (Wildman–Crippen MR) is 59.5 cm³/mol. The van der Waals surface area contributed by atoms with Crippen LogP contribution in [0.25, 0.3) is 0 Å². The highest BCUT2D eigenvalue weighted by Gasteiger charge is 2.48. The molecule has 2 saturated heterocycles. The second-order valence-electron chi connectivity index (χ2n) is 4.50. The van der Waals surface area contributed by atoms with Gasteiger partial charge in [0.05, 0.1) is 5.41 Å². The van der Waals surface area contributed by atoms with Crippen LogP contribution in [0, 0.1) is 5.41 Å². The zero-order valence-electron chi connectivity index (χ0n) is 8.82. The highest BCUT2D eigenvalue weighted by Crippen LogP contribution is 2.38. The molecule has 0 aliphatic carbocycles. The molecule has 0 radical (unpaired) electrons. The predicted octanol–water partition coefficient (Wildman–Crippen LogP) is 0.391. The molecule has 84 valence electrons. The molecule has 0 aromatic rings. The number of rotatable bonds is 1. The van der Waals surface area contributed by atoms with E-state index >= 15 is 0 Å². The Balaban J connectivity index is 2.03. The first-order valence-electron chi connectivity index (χ1n) is 5.30. The van der Waals surface area contributed by atoms with E-state index in [1.54, 1.807) is 0 Å². The fourth-order valence-corrected chi connectivity index (χ4v) is 2.65. The number of nitrogens with one attached hydrogen (secondary N) is 1. The number of nitrogens with zero attached hydrogens (tertiary/aromatic N) is 1. The molecule has 4 nitrogen and oxygen atoms in total. The van der Waals surface area contributed by atoms with Crippen molar-refractivity contribution >= 4 is 24.4 Å². The van der Waals surface area contributed by atoms with E-state index in [0.717, 1.165) is 25.9 Å². The number of hydrogen-bond acceptors (Lipinski definition) is 4. The lowest BCUT2D eigenvalue weighted by atomic mass is 9.77. The molecule has 1 spiro atoms. The molecule has 0 bridgehead atoms. The third kappa shape index (κ3) is 1.90. The van der Waals surface area contributed by atoms with Gasteiger partial charge in [-0.2, -0.15) is 12.6 Å². The highest BCUT2D eigenvalue weighted by molar-refractivity contribution is 7.80. The van der Waals surface area contributed by atoms with Crippen molar-refractivity contribution in [2.24, 2.45) is 5.41 Å². The monoisotopic (exact) mass is 228 g/mol. The van der Waals surface area contributed by atoms with Gasteiger partial charge in [-0.3, -0.25) is 19.8 Å². The number of carbonyl (C=O) groups is 2. The normalized spacial score (nSPS) is 28.1. The standard InChI is InChI=1S/C10H16N2O2S/c1-7(15)12-4-2-10(3-5-12)6-8(13)11-9(10)14/h7,15H,2-6H2,1H3,(H,11,13,14). The summed E-state index contributed by atoms with van der Waals surface area (Å²) >= 11 is 4.37. The summed E-state index contributed by atoms with van der Waals surface area (Å²) in [4.78, 5) is 25.1. The van der Waals surface area contributed by atoms with Crippen LogP contribution in [0.15, 0.2) is 0 Å². The number of carbonyl (C=O) groups excluding carboxylic acids is 2. The zero-order valence-corrected chi connectivity index (χ0v) is 9.72. The number of thiol groups is 1. The maximum Gasteiger partial charge on any atom is 0.233 e. The third-order valence-corrected chi connectivity index (χ3v) is 3.84. The van der Waals surface area contributed by atoms with E-state index in [2.05, 4.69) is 22.8 Å². The number of piperidine rings is 1. The maximum atomic E-state index is 11.7. The van der Waals surface area contributed by atoms with Crippen LogP contribution in [0.5, 0.6) is 0 Å². The molecule has 0 aromatic heterocycles. The van der Waals surface area contributed by atoms with Gasteiger partial charge < -0.3 is 0 Å². The van der Waals surface area contributed by atoms with Crippen LogP contribution in [0.3, 0.4) is 0 Å². The molecule has 0 aromatic carbocycles. The van der Waals surface area contributed by atoms with Gasteiger partial charge in [-0.25, -0.2) is 0 Å². The third-order valence-electron chi connectivity index (χ3n) is 3.52. The molecule has 1 atom stereocenters. The summed E-state index contributed by atoms with van der Waals surface area (Å²) in [7, 11) is 0. The van der Waals surface area contributed by atoms with Crippen LogP contribution in [0.4, 0.5) is 0 Å². The Kier molecular flexibility index (Phi) is 2.77. The molecular weight excluding hydrogens is 212 g/mol. The number of likely N-dealkylation sites (tertiary alicyclic amines) is 1. The fraction of sp³-hybridized carbons (Fsp3) is 0.800. The molecule has 2 heterocycles. The number of imide groups is 1. The first kappa shape index (κ1) is 11.0. The second-order valence-corrected chi connectivity index (χ2v) is 5.25. The molecule has 2 amide bonds. The topological polar surface area (TPSA) is 49.4 Å². The average Bonchev–Trinajstić information content (AvgIpc) is 2.42. The minimum atomic E-state index is -0.406. The molecule has 2 aliphatic heterocycles. The summed E-state index contributed by atoms with van der Waals surface area (Å²) in [6.45, 7) is 3.73. The van der Waals surface area contributed by atoms with Gasteiger partial charge in [0.25, 0.3) is 0 Å². The Hall–Kier alpha value is -0.550. The average molecular weight is 228 g/mol. The van der Waals surface area contributed by atoms with Crippen molar-refractivity contribution in [1.29, 1.82) is 0 Å². The highest BCUT2D eigenvalue weighted by atomic mass is 32.1. The Morgan fingerprint density at radius 1 is 1.40 bits per heavy atom. The van der Waals surface area contributed by atoms with E-state index in [9.17, 15) is 9.59 Å². The molecule has 1 N–H and O–H groups in total. The molecule has 15 heavy (non-hydrogen) atoms. The first-order valence-corrected chi connectivity index (χ1v) is 5.82. The molecule has 0 saturated carbocycles. The minimum absolute atomic E-state index is 0.0704. The molecular formula is C10H16N2O2S. The van der Waals surface area contributed by atoms with E-state index in [1.165, 1.54) is 0 Å². The molecule has 2 aliphatic rings. The van der Waals surface area contributed by atoms with E-state index in [-0.39, 0.29) is 17.2 Å². The Morgan fingerprint density at radius 2 is 2.00 bits per heavy atom. The lowest BCUT2D eigenvalue weighted by Gasteiger charge is -2.38. The number of amides is 2. The SMILES string of the molecule is CC(S)N1CCC2(CC1)CC(=O)NC2=O. The van der Waals surface area contributed by atoms with Crippen LogP contribution >= 0.6 is 12.6 Å². The minimum Gasteiger partial charge on any atom is -0.296 e. The van der Waals surface area contributed by atoms with E-state index in [0.29, 0.717) is 6.42 Å². The van der Waals surface area contributed by atoms with E-state index < -0.39 is 5.41 Å². The van der Waals surface area contributed by atoms with Crippen LogP contribution in [-0.2, 0) is 9.59 Å². The largest absolute Gasteiger partial charge is 0.296 e. The van der Waals surface area contributed by atoms with Crippen LogP contribution in [0.2, 0.25) is 0 Å². The zero-order chi connectivity index (χ0) is 11.1. The van der Waals surface area contributed by atoms with Crippen molar-refractivity contribution in [3.63, 3.8) is 0 Å². The Labute approximate surface area is 94.8 Å². The van der Waals surface area contributed by atoms with Gasteiger partial charge in [0, 0.05) is 24.9 Å². The molecule has 2 rings (SSSR count). The van der Waals surface area contributed by atoms with Crippen molar-refractivity contribution in [3.8, 4) is 0 Å². The maximum absolute atomic E-state index is 11.7. The lowest BCUT2D eigenvalue weighted by Crippen LogP contribution is -2.45. The van der Waals surface area contributed by atoms with Gasteiger partial charge in [-0.1, -0.05) is 0 Å². The van der Waals surface area contributed by atoms with Crippen molar-refractivity contribution in [2.75, 3.05) is 13.1 Å². The van der Waals surface area contributed by atoms with Crippen molar-refractivity contribution < 1.29 is 9.59 Å². The van der Waals surface area contributed by atoms with Crippen molar-refractivity contribution in [1.82, 2.24) is 10.2 Å². The van der Waals surface area contributed by atoms with Crippen LogP contribution < -0.4 is 5.32 Å². The van der Waals surface area contributed by atoms with Gasteiger partial charge in [-0.05, 0) is 19.8 Å². The first-order chi connectivity index (χ1) is 7.03. The van der Waals surface area contributed by atoms with Crippen molar-refractivity contribution in [2.45, 2.75) is 31.6 Å². The van der Waals surface area contributed by atoms with Crippen LogP contribution in [-0.4, -0.2) is 35.2 Å². The van der Waals surface area contributed by atoms with Gasteiger partial charge >= 0.3 is 0 Å². The Morgan fingerprint density at radius 3 is 2.40 bits per heavy atom. The van der Waals surface area contributed by atoms with Gasteiger partial charge in [-0.15, -0.1) is 0 Å².